The van der Waals surface area contributed by atoms with E-state index in [1.807, 2.05) is 12.1 Å². The molecule has 0 saturated heterocycles. The Kier molecular flexibility index (Phi) is 5.07. The van der Waals surface area contributed by atoms with Gasteiger partial charge in [-0.05, 0) is 48.1 Å². The molecule has 1 aliphatic heterocycles. The van der Waals surface area contributed by atoms with E-state index in [0.29, 0.717) is 18.5 Å². The van der Waals surface area contributed by atoms with Gasteiger partial charge in [-0.15, -0.1) is 0 Å². The Morgan fingerprint density at radius 1 is 1.15 bits per heavy atom. The topological polar surface area (TPSA) is 50.4 Å². The van der Waals surface area contributed by atoms with Crippen LogP contribution in [0.25, 0.3) is 0 Å². The molecule has 4 rings (SSSR count). The summed E-state index contributed by atoms with van der Waals surface area (Å²) in [5.41, 5.74) is 3.23. The molecule has 3 atom stereocenters. The third kappa shape index (κ3) is 3.95. The lowest BCUT2D eigenvalue weighted by atomic mass is 9.94. The highest BCUT2D eigenvalue weighted by Crippen LogP contribution is 2.50. The van der Waals surface area contributed by atoms with Crippen molar-refractivity contribution in [1.29, 1.82) is 0 Å². The minimum absolute atomic E-state index is 0.0308. The summed E-state index contributed by atoms with van der Waals surface area (Å²) in [5.74, 6) is -0.120. The molecule has 1 saturated carbocycles. The monoisotopic (exact) mass is 372 g/mol. The zero-order valence-electron chi connectivity index (χ0n) is 14.8. The number of ether oxygens (including phenoxy) is 1. The Morgan fingerprint density at radius 2 is 1.89 bits per heavy atom. The van der Waals surface area contributed by atoms with Crippen LogP contribution in [0.3, 0.4) is 0 Å². The van der Waals surface area contributed by atoms with Gasteiger partial charge in [0.25, 0.3) is 0 Å². The third-order valence-electron chi connectivity index (χ3n) is 5.36. The zero-order valence-corrected chi connectivity index (χ0v) is 14.8. The van der Waals surface area contributed by atoms with Crippen LogP contribution in [-0.2, 0) is 11.2 Å². The van der Waals surface area contributed by atoms with Gasteiger partial charge in [0.1, 0.15) is 5.75 Å². The highest BCUT2D eigenvalue weighted by Gasteiger charge is 2.45. The molecule has 2 aromatic rings. The molecule has 0 aromatic heterocycles. The summed E-state index contributed by atoms with van der Waals surface area (Å²) >= 11 is 0. The van der Waals surface area contributed by atoms with Crippen LogP contribution < -0.4 is 15.4 Å². The first kappa shape index (κ1) is 17.9. The Labute approximate surface area is 156 Å². The van der Waals surface area contributed by atoms with Crippen molar-refractivity contribution in [3.05, 3.63) is 65.2 Å². The van der Waals surface area contributed by atoms with Crippen LogP contribution in [0.1, 0.15) is 35.1 Å². The molecule has 4 nitrogen and oxygen atoms in total. The lowest BCUT2D eigenvalue weighted by molar-refractivity contribution is -0.122. The molecule has 0 bridgehead atoms. The summed E-state index contributed by atoms with van der Waals surface area (Å²) < 4.78 is 29.8. The fourth-order valence-corrected chi connectivity index (χ4v) is 3.93. The summed E-state index contributed by atoms with van der Waals surface area (Å²) in [6.45, 7) is -1.45. The summed E-state index contributed by atoms with van der Waals surface area (Å²) in [6, 6.07) is 15.1. The molecule has 2 aromatic carbocycles. The molecule has 2 N–H and O–H groups in total. The number of nitrogens with one attached hydrogen (secondary N) is 2. The minimum Gasteiger partial charge on any atom is -0.435 e. The fourth-order valence-electron chi connectivity index (χ4n) is 3.93. The number of benzene rings is 2. The van der Waals surface area contributed by atoms with E-state index in [-0.39, 0.29) is 29.5 Å². The molecule has 1 fully saturated rings. The summed E-state index contributed by atoms with van der Waals surface area (Å²) in [7, 11) is 0. The van der Waals surface area contributed by atoms with Crippen molar-refractivity contribution < 1.29 is 18.3 Å². The Hall–Kier alpha value is -2.47. The zero-order chi connectivity index (χ0) is 18.8. The molecule has 6 heteroatoms. The van der Waals surface area contributed by atoms with Crippen molar-refractivity contribution in [2.45, 2.75) is 31.4 Å². The normalized spacial score (nSPS) is 23.6. The maximum absolute atomic E-state index is 12.6. The van der Waals surface area contributed by atoms with E-state index in [1.54, 1.807) is 18.2 Å². The number of carbonyl (C=O) groups is 1. The van der Waals surface area contributed by atoms with Gasteiger partial charge in [0, 0.05) is 18.5 Å². The maximum atomic E-state index is 12.6. The van der Waals surface area contributed by atoms with Crippen LogP contribution in [0.15, 0.2) is 48.5 Å². The molecule has 0 radical (unpaired) electrons. The number of amides is 1. The first-order valence-electron chi connectivity index (χ1n) is 9.26. The van der Waals surface area contributed by atoms with Gasteiger partial charge in [0.2, 0.25) is 5.91 Å². The van der Waals surface area contributed by atoms with E-state index >= 15 is 0 Å². The van der Waals surface area contributed by atoms with Crippen LogP contribution in [0.5, 0.6) is 5.75 Å². The smallest absolute Gasteiger partial charge is 0.387 e. The number of hydrogen-bond acceptors (Lipinski definition) is 3. The lowest BCUT2D eigenvalue weighted by Crippen LogP contribution is -2.39. The average molecular weight is 372 g/mol. The molecule has 1 heterocycles. The van der Waals surface area contributed by atoms with Crippen LogP contribution in [-0.4, -0.2) is 25.6 Å². The van der Waals surface area contributed by atoms with Gasteiger partial charge in [-0.3, -0.25) is 4.79 Å². The molecule has 1 amide bonds. The number of halogens is 2. The summed E-state index contributed by atoms with van der Waals surface area (Å²) in [5, 5.41) is 6.47. The van der Waals surface area contributed by atoms with Crippen LogP contribution >= 0.6 is 0 Å². The van der Waals surface area contributed by atoms with Crippen LogP contribution in [0.2, 0.25) is 0 Å². The molecule has 0 spiro atoms. The molecule has 142 valence electrons. The van der Waals surface area contributed by atoms with E-state index in [0.717, 1.165) is 13.0 Å². The molecule has 1 aliphatic carbocycles. The second-order valence-electron chi connectivity index (χ2n) is 7.07. The molecule has 3 unspecified atom stereocenters. The number of fused-ring (bicyclic) bond motifs is 1. The van der Waals surface area contributed by atoms with Crippen molar-refractivity contribution in [3.63, 3.8) is 0 Å². The van der Waals surface area contributed by atoms with Gasteiger partial charge in [0.05, 0.1) is 0 Å². The largest absolute Gasteiger partial charge is 0.435 e. The Bertz CT molecular complexity index is 827. The van der Waals surface area contributed by atoms with E-state index in [4.69, 9.17) is 0 Å². The van der Waals surface area contributed by atoms with Crippen molar-refractivity contribution in [3.8, 4) is 5.75 Å². The quantitative estimate of drug-likeness (QED) is 0.817. The first-order valence-corrected chi connectivity index (χ1v) is 9.26. The van der Waals surface area contributed by atoms with Gasteiger partial charge >= 0.3 is 6.61 Å². The highest BCUT2D eigenvalue weighted by molar-refractivity contribution is 5.83. The van der Waals surface area contributed by atoms with Crippen LogP contribution in [0, 0.1) is 5.92 Å². The number of para-hydroxylation sites is 1. The standard InChI is InChI=1S/C21H22F2N2O2/c22-21(23)27-19-8-4-3-7-15(19)16-11-17(16)20(26)25-12-18-14-6-2-1-5-13(14)9-10-24-18/h1-8,16-18,21,24H,9-12H2,(H,25,26). The van der Waals surface area contributed by atoms with Gasteiger partial charge in [-0.1, -0.05) is 42.5 Å². The third-order valence-corrected chi connectivity index (χ3v) is 5.36. The average Bonchev–Trinajstić information content (AvgIpc) is 3.47. The van der Waals surface area contributed by atoms with E-state index in [1.165, 1.54) is 17.2 Å². The Balaban J connectivity index is 1.37. The number of rotatable bonds is 6. The summed E-state index contributed by atoms with van der Waals surface area (Å²) in [4.78, 5) is 12.5. The van der Waals surface area contributed by atoms with Gasteiger partial charge in [-0.2, -0.15) is 8.78 Å². The van der Waals surface area contributed by atoms with Gasteiger partial charge in [-0.25, -0.2) is 0 Å². The lowest BCUT2D eigenvalue weighted by Gasteiger charge is -2.27. The molecular formula is C21H22F2N2O2. The van der Waals surface area contributed by atoms with E-state index in [2.05, 4.69) is 27.5 Å². The van der Waals surface area contributed by atoms with E-state index < -0.39 is 6.61 Å². The number of hydrogen-bond donors (Lipinski definition) is 2. The minimum atomic E-state index is -2.87. The van der Waals surface area contributed by atoms with Crippen molar-refractivity contribution in [2.75, 3.05) is 13.1 Å². The van der Waals surface area contributed by atoms with Crippen LogP contribution in [0.4, 0.5) is 8.78 Å². The molecule has 2 aliphatic rings. The molecular weight excluding hydrogens is 350 g/mol. The molecule has 27 heavy (non-hydrogen) atoms. The second kappa shape index (κ2) is 7.64. The SMILES string of the molecule is O=C(NCC1NCCc2ccccc21)C1CC1c1ccccc1OC(F)F. The van der Waals surface area contributed by atoms with Crippen molar-refractivity contribution in [2.24, 2.45) is 5.92 Å². The first-order chi connectivity index (χ1) is 13.1. The second-order valence-corrected chi connectivity index (χ2v) is 7.07. The van der Waals surface area contributed by atoms with Gasteiger partial charge in [0.15, 0.2) is 0 Å². The highest BCUT2D eigenvalue weighted by atomic mass is 19.3. The predicted molar refractivity (Wildman–Crippen MR) is 97.8 cm³/mol. The maximum Gasteiger partial charge on any atom is 0.387 e. The number of carbonyl (C=O) groups excluding carboxylic acids is 1. The predicted octanol–water partition coefficient (Wildman–Crippen LogP) is 3.39. The van der Waals surface area contributed by atoms with Gasteiger partial charge < -0.3 is 15.4 Å². The fraction of sp³-hybridized carbons (Fsp3) is 0.381. The van der Waals surface area contributed by atoms with Crippen molar-refractivity contribution in [1.82, 2.24) is 10.6 Å². The summed E-state index contributed by atoms with van der Waals surface area (Å²) in [6.07, 6.45) is 1.65. The number of alkyl halides is 2. The Morgan fingerprint density at radius 3 is 2.70 bits per heavy atom. The van der Waals surface area contributed by atoms with E-state index in [9.17, 15) is 13.6 Å². The van der Waals surface area contributed by atoms with Crippen molar-refractivity contribution >= 4 is 5.91 Å².